The average molecular weight is 541 g/mol. The third-order valence-corrected chi connectivity index (χ3v) is 6.99. The Labute approximate surface area is 192 Å². The van der Waals surface area contributed by atoms with Crippen LogP contribution in [0.5, 0.6) is 5.75 Å². The van der Waals surface area contributed by atoms with E-state index in [-0.39, 0.29) is 10.8 Å². The summed E-state index contributed by atoms with van der Waals surface area (Å²) in [5.41, 5.74) is 1.69. The van der Waals surface area contributed by atoms with Gasteiger partial charge in [0.2, 0.25) is 0 Å². The van der Waals surface area contributed by atoms with E-state index in [1.165, 1.54) is 13.2 Å². The Hall–Kier alpha value is -1.85. The van der Waals surface area contributed by atoms with Crippen molar-refractivity contribution in [3.63, 3.8) is 0 Å². The Morgan fingerprint density at radius 1 is 1.13 bits per heavy atom. The minimum Gasteiger partial charge on any atom is -0.496 e. The maximum Gasteiger partial charge on any atom is 0.261 e. The van der Waals surface area contributed by atoms with E-state index in [1.54, 1.807) is 30.3 Å². The second-order valence-corrected chi connectivity index (χ2v) is 9.58. The molecule has 0 unspecified atom stereocenters. The van der Waals surface area contributed by atoms with Crippen molar-refractivity contribution < 1.29 is 17.9 Å². The van der Waals surface area contributed by atoms with E-state index in [1.807, 2.05) is 29.5 Å². The van der Waals surface area contributed by atoms with Crippen molar-refractivity contribution in [1.29, 1.82) is 0 Å². The molecule has 1 amide bonds. The quantitative estimate of drug-likeness (QED) is 0.450. The number of benzene rings is 2. The molecule has 0 atom stereocenters. The van der Waals surface area contributed by atoms with Gasteiger partial charge in [-0.2, -0.15) is 0 Å². The average Bonchev–Trinajstić information content (AvgIpc) is 2.72. The lowest BCUT2D eigenvalue weighted by atomic mass is 10.1. The Morgan fingerprint density at radius 3 is 2.33 bits per heavy atom. The van der Waals surface area contributed by atoms with E-state index in [9.17, 15) is 13.2 Å². The number of methoxy groups -OCH3 is 1. The highest BCUT2D eigenvalue weighted by Gasteiger charge is 2.20. The molecule has 0 aromatic heterocycles. The largest absolute Gasteiger partial charge is 0.496 e. The molecule has 0 aliphatic rings. The predicted octanol–water partition coefficient (Wildman–Crippen LogP) is 3.48. The molecule has 0 aliphatic heterocycles. The number of likely N-dealkylation sites (N-methyl/N-ethyl adjacent to an activating group) is 1. The maximum atomic E-state index is 12.7. The topological polar surface area (TPSA) is 87.7 Å². The van der Waals surface area contributed by atoms with Crippen molar-refractivity contribution in [2.75, 3.05) is 38.0 Å². The van der Waals surface area contributed by atoms with Crippen molar-refractivity contribution >= 4 is 44.2 Å². The second-order valence-electron chi connectivity index (χ2n) is 6.73. The molecule has 0 radical (unpaired) electrons. The Bertz CT molecular complexity index is 974. The molecule has 2 aromatic carbocycles. The third-order valence-electron chi connectivity index (χ3n) is 4.72. The van der Waals surface area contributed by atoms with Crippen LogP contribution in [0.25, 0.3) is 0 Å². The van der Waals surface area contributed by atoms with Gasteiger partial charge in [0.15, 0.2) is 0 Å². The van der Waals surface area contributed by atoms with Gasteiger partial charge in [-0.15, -0.1) is 0 Å². The summed E-state index contributed by atoms with van der Waals surface area (Å²) in [6.45, 7) is 9.16. The molecule has 0 aliphatic carbocycles. The van der Waals surface area contributed by atoms with Gasteiger partial charge >= 0.3 is 0 Å². The highest BCUT2D eigenvalue weighted by Crippen LogP contribution is 2.30. The van der Waals surface area contributed by atoms with E-state index in [2.05, 4.69) is 28.8 Å². The smallest absolute Gasteiger partial charge is 0.261 e. The third kappa shape index (κ3) is 6.32. The number of ether oxygens (including phenoxy) is 1. The first-order chi connectivity index (χ1) is 14.2. The van der Waals surface area contributed by atoms with Crippen LogP contribution in [-0.2, 0) is 10.0 Å². The lowest BCUT2D eigenvalue weighted by molar-refractivity contribution is 0.0946. The van der Waals surface area contributed by atoms with Gasteiger partial charge < -0.3 is 15.0 Å². The molecule has 9 heteroatoms. The fourth-order valence-corrected chi connectivity index (χ4v) is 4.72. The van der Waals surface area contributed by atoms with Gasteiger partial charge in [0.05, 0.1) is 23.3 Å². The van der Waals surface area contributed by atoms with Crippen molar-refractivity contribution in [1.82, 2.24) is 10.2 Å². The van der Waals surface area contributed by atoms with E-state index >= 15 is 0 Å². The molecule has 0 bridgehead atoms. The van der Waals surface area contributed by atoms with Crippen LogP contribution in [0.2, 0.25) is 0 Å². The SMILES string of the molecule is CCN(CC)CCNC(=O)c1cc([123I])c(NS(=O)(=O)c2ccc(C)cc2)cc1OC. The first-order valence-corrected chi connectivity index (χ1v) is 12.3. The molecule has 0 fully saturated rings. The van der Waals surface area contributed by atoms with Gasteiger partial charge in [0, 0.05) is 22.7 Å². The van der Waals surface area contributed by atoms with Crippen LogP contribution in [0, 0.1) is 10.5 Å². The summed E-state index contributed by atoms with van der Waals surface area (Å²) >= 11 is 2.01. The van der Waals surface area contributed by atoms with Crippen LogP contribution in [0.3, 0.4) is 0 Å². The lowest BCUT2D eigenvalue weighted by Gasteiger charge is -2.18. The molecule has 0 spiro atoms. The fourth-order valence-electron chi connectivity index (χ4n) is 2.86. The maximum absolute atomic E-state index is 12.7. The van der Waals surface area contributed by atoms with Gasteiger partial charge in [-0.05, 0) is 60.8 Å². The number of sulfonamides is 1. The molecule has 0 saturated carbocycles. The lowest BCUT2D eigenvalue weighted by Crippen LogP contribution is -2.35. The number of amides is 1. The molecular formula is C21H28IN3O4S. The number of nitrogens with zero attached hydrogens (tertiary/aromatic N) is 1. The van der Waals surface area contributed by atoms with Crippen molar-refractivity contribution in [3.8, 4) is 5.75 Å². The van der Waals surface area contributed by atoms with Gasteiger partial charge in [0.25, 0.3) is 15.9 Å². The number of anilines is 1. The normalized spacial score (nSPS) is 11.4. The van der Waals surface area contributed by atoms with Gasteiger partial charge in [0.1, 0.15) is 5.75 Å². The molecule has 164 valence electrons. The monoisotopic (exact) mass is 541 g/mol. The Morgan fingerprint density at radius 2 is 1.77 bits per heavy atom. The van der Waals surface area contributed by atoms with E-state index in [4.69, 9.17) is 4.74 Å². The zero-order chi connectivity index (χ0) is 22.3. The summed E-state index contributed by atoms with van der Waals surface area (Å²) < 4.78 is 33.9. The van der Waals surface area contributed by atoms with Gasteiger partial charge in [-0.1, -0.05) is 31.5 Å². The van der Waals surface area contributed by atoms with Crippen molar-refractivity contribution in [2.45, 2.75) is 25.7 Å². The van der Waals surface area contributed by atoms with E-state index in [0.717, 1.165) is 25.2 Å². The summed E-state index contributed by atoms with van der Waals surface area (Å²) in [6.07, 6.45) is 0. The van der Waals surface area contributed by atoms with Gasteiger partial charge in [-0.3, -0.25) is 9.52 Å². The second kappa shape index (κ2) is 11.0. The number of hydrogen-bond donors (Lipinski definition) is 2. The number of aryl methyl sites for hydroxylation is 1. The molecule has 0 saturated heterocycles. The number of hydrogen-bond acceptors (Lipinski definition) is 5. The number of carbonyl (C=O) groups excluding carboxylic acids is 1. The summed E-state index contributed by atoms with van der Waals surface area (Å²) in [5.74, 6) is 0.0437. The van der Waals surface area contributed by atoms with E-state index in [0.29, 0.717) is 27.1 Å². The van der Waals surface area contributed by atoms with Crippen LogP contribution in [0.4, 0.5) is 5.69 Å². The molecule has 2 N–H and O–H groups in total. The molecule has 30 heavy (non-hydrogen) atoms. The minimum atomic E-state index is -3.76. The fraction of sp³-hybridized carbons (Fsp3) is 0.381. The molecule has 0 heterocycles. The van der Waals surface area contributed by atoms with Crippen LogP contribution in [-0.4, -0.2) is 52.5 Å². The highest BCUT2D eigenvalue weighted by molar-refractivity contribution is 14.1. The zero-order valence-corrected chi connectivity index (χ0v) is 20.6. The van der Waals surface area contributed by atoms with Crippen LogP contribution < -0.4 is 14.8 Å². The molecular weight excluding hydrogens is 513 g/mol. The molecule has 7 nitrogen and oxygen atoms in total. The molecule has 2 aromatic rings. The number of rotatable bonds is 10. The summed E-state index contributed by atoms with van der Waals surface area (Å²) in [7, 11) is -2.31. The summed E-state index contributed by atoms with van der Waals surface area (Å²) in [5, 5.41) is 2.90. The summed E-state index contributed by atoms with van der Waals surface area (Å²) in [4.78, 5) is 15.0. The molecule has 2 rings (SSSR count). The minimum absolute atomic E-state index is 0.168. The standard InChI is InChI=1S/C21H28IN3O4S/c1-5-25(6-2)12-11-23-21(26)17-13-18(22)19(14-20(17)29-4)24-30(27,28)16-9-7-15(3)8-10-16/h7-10,13-14,24H,5-6,11-12H2,1-4H3,(H,23,26)/i22-4. The van der Waals surface area contributed by atoms with Crippen LogP contribution >= 0.6 is 22.6 Å². The van der Waals surface area contributed by atoms with Crippen LogP contribution in [0.1, 0.15) is 29.8 Å². The summed E-state index contributed by atoms with van der Waals surface area (Å²) in [6, 6.07) is 9.75. The zero-order valence-electron chi connectivity index (χ0n) is 17.7. The Balaban J connectivity index is 2.20. The predicted molar refractivity (Wildman–Crippen MR) is 128 cm³/mol. The Kier molecular flexibility index (Phi) is 8.92. The van der Waals surface area contributed by atoms with Gasteiger partial charge in [-0.25, -0.2) is 8.42 Å². The number of carbonyl (C=O) groups is 1. The first kappa shape index (κ1) is 24.4. The number of halogens is 1. The highest BCUT2D eigenvalue weighted by atomic mass is 123. The van der Waals surface area contributed by atoms with E-state index < -0.39 is 10.0 Å². The van der Waals surface area contributed by atoms with Crippen molar-refractivity contribution in [3.05, 3.63) is 51.1 Å². The van der Waals surface area contributed by atoms with Crippen molar-refractivity contribution in [2.24, 2.45) is 0 Å². The first-order valence-electron chi connectivity index (χ1n) is 9.69. The van der Waals surface area contributed by atoms with Crippen LogP contribution in [0.15, 0.2) is 41.3 Å². The number of nitrogens with one attached hydrogen (secondary N) is 2.